The minimum atomic E-state index is -3.74. The fraction of sp³-hybridized carbons (Fsp3) is 0.684. The third-order valence-corrected chi connectivity index (χ3v) is 7.60. The van der Waals surface area contributed by atoms with Gasteiger partial charge in [0.25, 0.3) is 5.69 Å². The minimum Gasteiger partial charge on any atom is -0.363 e. The largest absolute Gasteiger partial charge is 0.363 e. The summed E-state index contributed by atoms with van der Waals surface area (Å²) in [6.45, 7) is 11.1. The van der Waals surface area contributed by atoms with E-state index in [2.05, 4.69) is 11.8 Å². The van der Waals surface area contributed by atoms with Gasteiger partial charge in [0, 0.05) is 45.3 Å². The van der Waals surface area contributed by atoms with Gasteiger partial charge in [-0.2, -0.15) is 4.31 Å². The number of piperidine rings is 1. The average molecular weight is 411 g/mol. The molecule has 1 aromatic carbocycles. The zero-order chi connectivity index (χ0) is 20.5. The lowest BCUT2D eigenvalue weighted by Gasteiger charge is -2.35. The van der Waals surface area contributed by atoms with Gasteiger partial charge in [-0.1, -0.05) is 20.8 Å². The molecule has 8 nitrogen and oxygen atoms in total. The highest BCUT2D eigenvalue weighted by Gasteiger charge is 2.33. The zero-order valence-electron chi connectivity index (χ0n) is 16.9. The lowest BCUT2D eigenvalue weighted by Crippen LogP contribution is -2.46. The molecule has 0 saturated carbocycles. The van der Waals surface area contributed by atoms with Crippen LogP contribution in [0.5, 0.6) is 0 Å². The maximum atomic E-state index is 13.1. The van der Waals surface area contributed by atoms with Crippen LogP contribution in [0, 0.1) is 22.0 Å². The van der Waals surface area contributed by atoms with Gasteiger partial charge in [-0.05, 0) is 36.9 Å². The molecule has 0 unspecified atom stereocenters. The smallest absolute Gasteiger partial charge is 0.293 e. The van der Waals surface area contributed by atoms with Crippen LogP contribution in [-0.2, 0) is 10.0 Å². The van der Waals surface area contributed by atoms with Crippen LogP contribution in [-0.4, -0.2) is 68.4 Å². The summed E-state index contributed by atoms with van der Waals surface area (Å²) in [7, 11) is -3.74. The van der Waals surface area contributed by atoms with Gasteiger partial charge in [-0.25, -0.2) is 8.42 Å². The Morgan fingerprint density at radius 3 is 2.25 bits per heavy atom. The minimum absolute atomic E-state index is 0.0106. The van der Waals surface area contributed by atoms with Gasteiger partial charge < -0.3 is 9.80 Å². The van der Waals surface area contributed by atoms with Crippen molar-refractivity contribution in [1.29, 1.82) is 0 Å². The van der Waals surface area contributed by atoms with Gasteiger partial charge in [0.15, 0.2) is 0 Å². The molecule has 2 aliphatic rings. The lowest BCUT2D eigenvalue weighted by atomic mass is 9.94. The van der Waals surface area contributed by atoms with Crippen LogP contribution in [0.15, 0.2) is 23.1 Å². The van der Waals surface area contributed by atoms with Gasteiger partial charge in [0.2, 0.25) is 10.0 Å². The molecule has 2 fully saturated rings. The van der Waals surface area contributed by atoms with Gasteiger partial charge in [0.05, 0.1) is 9.82 Å². The molecule has 1 aromatic rings. The maximum absolute atomic E-state index is 13.1. The number of hydrogen-bond donors (Lipinski definition) is 0. The number of hydrogen-bond acceptors (Lipinski definition) is 6. The summed E-state index contributed by atoms with van der Waals surface area (Å²) >= 11 is 0. The Morgan fingerprint density at radius 2 is 1.71 bits per heavy atom. The Hall–Kier alpha value is -1.71. The molecule has 156 valence electrons. The van der Waals surface area contributed by atoms with E-state index in [0.29, 0.717) is 31.9 Å². The number of nitro benzene ring substituents is 1. The van der Waals surface area contributed by atoms with Crippen LogP contribution in [0.2, 0.25) is 0 Å². The molecule has 2 atom stereocenters. The predicted molar refractivity (Wildman–Crippen MR) is 109 cm³/mol. The molecule has 3 rings (SSSR count). The van der Waals surface area contributed by atoms with Crippen molar-refractivity contribution in [3.63, 3.8) is 0 Å². The van der Waals surface area contributed by atoms with Gasteiger partial charge in [-0.15, -0.1) is 0 Å². The molecular formula is C19H30N4O4S. The predicted octanol–water partition coefficient (Wildman–Crippen LogP) is 2.40. The summed E-state index contributed by atoms with van der Waals surface area (Å²) in [5.41, 5.74) is 0.365. The van der Waals surface area contributed by atoms with Crippen molar-refractivity contribution in [2.45, 2.75) is 32.1 Å². The molecule has 28 heavy (non-hydrogen) atoms. The third kappa shape index (κ3) is 4.31. The Bertz CT molecular complexity index is 811. The van der Waals surface area contributed by atoms with Crippen LogP contribution >= 0.6 is 0 Å². The van der Waals surface area contributed by atoms with Crippen molar-refractivity contribution in [3.8, 4) is 0 Å². The van der Waals surface area contributed by atoms with Crippen molar-refractivity contribution in [2.24, 2.45) is 11.8 Å². The second-order valence-electron chi connectivity index (χ2n) is 8.10. The van der Waals surface area contributed by atoms with Gasteiger partial charge in [0.1, 0.15) is 5.69 Å². The maximum Gasteiger partial charge on any atom is 0.293 e. The van der Waals surface area contributed by atoms with Crippen LogP contribution < -0.4 is 4.90 Å². The number of benzene rings is 1. The standard InChI is InChI=1S/C19H30N4O4S/c1-4-20-7-9-21(10-8-20)18-6-5-17(12-19(18)23(24)25)28(26,27)22-13-15(2)11-16(3)14-22/h5-6,12,15-16H,4,7-11,13-14H2,1-3H3/t15-,16-/m1/s1. The average Bonchev–Trinajstić information content (AvgIpc) is 2.66. The lowest BCUT2D eigenvalue weighted by molar-refractivity contribution is -0.384. The van der Waals surface area contributed by atoms with Gasteiger partial charge in [-0.3, -0.25) is 10.1 Å². The molecule has 0 bridgehead atoms. The zero-order valence-corrected chi connectivity index (χ0v) is 17.7. The number of likely N-dealkylation sites (N-methyl/N-ethyl adjacent to an activating group) is 1. The van der Waals surface area contributed by atoms with Crippen molar-refractivity contribution >= 4 is 21.4 Å². The van der Waals surface area contributed by atoms with Crippen molar-refractivity contribution < 1.29 is 13.3 Å². The van der Waals surface area contributed by atoms with Crippen LogP contribution in [0.1, 0.15) is 27.2 Å². The molecule has 0 amide bonds. The van der Waals surface area contributed by atoms with E-state index >= 15 is 0 Å². The first kappa shape index (κ1) is 21.0. The number of anilines is 1. The number of sulfonamides is 1. The van der Waals surface area contributed by atoms with E-state index in [1.165, 1.54) is 16.4 Å². The molecule has 0 aromatic heterocycles. The molecule has 0 spiro atoms. The van der Waals surface area contributed by atoms with E-state index in [-0.39, 0.29) is 22.4 Å². The molecular weight excluding hydrogens is 380 g/mol. The number of nitro groups is 1. The Balaban J connectivity index is 1.89. The van der Waals surface area contributed by atoms with Crippen LogP contribution in [0.3, 0.4) is 0 Å². The molecule has 2 saturated heterocycles. The number of piperazine rings is 1. The topological polar surface area (TPSA) is 87.0 Å². The summed E-state index contributed by atoms with van der Waals surface area (Å²) in [4.78, 5) is 15.5. The van der Waals surface area contributed by atoms with Gasteiger partial charge >= 0.3 is 0 Å². The van der Waals surface area contributed by atoms with E-state index in [1.54, 1.807) is 6.07 Å². The Kier molecular flexibility index (Phi) is 6.26. The fourth-order valence-electron chi connectivity index (χ4n) is 4.33. The first-order valence-electron chi connectivity index (χ1n) is 9.98. The highest BCUT2D eigenvalue weighted by molar-refractivity contribution is 7.89. The van der Waals surface area contributed by atoms with Crippen molar-refractivity contribution in [1.82, 2.24) is 9.21 Å². The van der Waals surface area contributed by atoms with Crippen molar-refractivity contribution in [3.05, 3.63) is 28.3 Å². The van der Waals surface area contributed by atoms with E-state index in [1.807, 2.05) is 18.7 Å². The second kappa shape index (κ2) is 8.34. The quantitative estimate of drug-likeness (QED) is 0.547. The van der Waals surface area contributed by atoms with Crippen molar-refractivity contribution in [2.75, 3.05) is 50.7 Å². The first-order chi connectivity index (χ1) is 13.2. The molecule has 9 heteroatoms. The third-order valence-electron chi connectivity index (χ3n) is 5.78. The monoisotopic (exact) mass is 410 g/mol. The molecule has 2 heterocycles. The molecule has 0 N–H and O–H groups in total. The first-order valence-corrected chi connectivity index (χ1v) is 11.4. The second-order valence-corrected chi connectivity index (χ2v) is 10.0. The van der Waals surface area contributed by atoms with E-state index < -0.39 is 14.9 Å². The Labute approximate surface area is 167 Å². The normalized spacial score (nSPS) is 25.0. The van der Waals surface area contributed by atoms with Crippen LogP contribution in [0.25, 0.3) is 0 Å². The molecule has 0 radical (unpaired) electrons. The van der Waals surface area contributed by atoms with Crippen LogP contribution in [0.4, 0.5) is 11.4 Å². The molecule has 0 aliphatic carbocycles. The highest BCUT2D eigenvalue weighted by atomic mass is 32.2. The summed E-state index contributed by atoms with van der Waals surface area (Å²) in [6.07, 6.45) is 0.995. The summed E-state index contributed by atoms with van der Waals surface area (Å²) in [5.74, 6) is 0.560. The van der Waals surface area contributed by atoms with E-state index in [0.717, 1.165) is 26.1 Å². The SMILES string of the molecule is CCN1CCN(c2ccc(S(=O)(=O)N3C[C@H](C)C[C@@H](C)C3)cc2[N+](=O)[O-])CC1. The highest BCUT2D eigenvalue weighted by Crippen LogP contribution is 2.34. The fourth-order valence-corrected chi connectivity index (χ4v) is 6.03. The Morgan fingerprint density at radius 1 is 1.11 bits per heavy atom. The van der Waals surface area contributed by atoms with E-state index in [9.17, 15) is 18.5 Å². The molecule has 2 aliphatic heterocycles. The summed E-state index contributed by atoms with van der Waals surface area (Å²) in [5, 5.41) is 11.7. The summed E-state index contributed by atoms with van der Waals surface area (Å²) in [6, 6.07) is 4.36. The van der Waals surface area contributed by atoms with E-state index in [4.69, 9.17) is 0 Å². The summed E-state index contributed by atoms with van der Waals surface area (Å²) < 4.78 is 27.7. The number of nitrogens with zero attached hydrogens (tertiary/aromatic N) is 4. The number of rotatable bonds is 5.